The summed E-state index contributed by atoms with van der Waals surface area (Å²) in [5.74, 6) is 0. The summed E-state index contributed by atoms with van der Waals surface area (Å²) in [7, 11) is 1.88. The molecule has 0 saturated carbocycles. The minimum Gasteiger partial charge on any atom is -0.323 e. The molecule has 0 atom stereocenters. The predicted octanol–water partition coefficient (Wildman–Crippen LogP) is 2.58. The predicted molar refractivity (Wildman–Crippen MR) is 98.1 cm³/mol. The second-order valence-electron chi connectivity index (χ2n) is 6.11. The van der Waals surface area contributed by atoms with Gasteiger partial charge in [-0.25, -0.2) is 9.67 Å². The maximum atomic E-state index is 13.0. The highest BCUT2D eigenvalue weighted by molar-refractivity contribution is 7.19. The first-order valence-corrected chi connectivity index (χ1v) is 8.67. The Hall–Kier alpha value is -3.00. The molecule has 4 heterocycles. The number of H-pyrrole nitrogens is 1. The molecule has 124 valence electrons. The summed E-state index contributed by atoms with van der Waals surface area (Å²) in [5.41, 5.74) is 3.37. The molecule has 0 spiro atoms. The zero-order valence-corrected chi connectivity index (χ0v) is 14.5. The molecular weight excluding hydrogens is 336 g/mol. The molecular formula is C17H14N6OS. The first-order chi connectivity index (χ1) is 12.1. The quantitative estimate of drug-likeness (QED) is 0.530. The van der Waals surface area contributed by atoms with Crippen molar-refractivity contribution < 1.29 is 0 Å². The Labute approximate surface area is 145 Å². The first-order valence-electron chi connectivity index (χ1n) is 7.85. The summed E-state index contributed by atoms with van der Waals surface area (Å²) >= 11 is 1.59. The monoisotopic (exact) mass is 350 g/mol. The SMILES string of the molecule is Cc1nc2c(s1)c1cnn(Cc3ccc4[nH]ncc4c3)c(=O)c1n2C. The van der Waals surface area contributed by atoms with Gasteiger partial charge in [-0.3, -0.25) is 9.89 Å². The lowest BCUT2D eigenvalue weighted by Gasteiger charge is -2.06. The van der Waals surface area contributed by atoms with Gasteiger partial charge in [-0.1, -0.05) is 6.07 Å². The number of hydrogen-bond acceptors (Lipinski definition) is 5. The van der Waals surface area contributed by atoms with E-state index in [2.05, 4.69) is 20.3 Å². The van der Waals surface area contributed by atoms with Crippen LogP contribution in [0.2, 0.25) is 0 Å². The number of thiazole rings is 1. The highest BCUT2D eigenvalue weighted by Gasteiger charge is 2.17. The number of fused-ring (bicyclic) bond motifs is 4. The van der Waals surface area contributed by atoms with Crippen LogP contribution in [0.25, 0.3) is 32.2 Å². The number of aryl methyl sites for hydroxylation is 2. The second-order valence-corrected chi connectivity index (χ2v) is 7.31. The van der Waals surface area contributed by atoms with Crippen molar-refractivity contribution in [3.63, 3.8) is 0 Å². The van der Waals surface area contributed by atoms with Crippen LogP contribution in [-0.2, 0) is 13.6 Å². The molecule has 25 heavy (non-hydrogen) atoms. The minimum atomic E-state index is -0.102. The number of aromatic amines is 1. The number of aromatic nitrogens is 6. The van der Waals surface area contributed by atoms with E-state index in [1.54, 1.807) is 23.7 Å². The van der Waals surface area contributed by atoms with E-state index in [-0.39, 0.29) is 5.56 Å². The van der Waals surface area contributed by atoms with Crippen LogP contribution in [0, 0.1) is 6.92 Å². The third-order valence-electron chi connectivity index (χ3n) is 4.47. The number of hydrogen-bond donors (Lipinski definition) is 1. The molecule has 5 rings (SSSR count). The molecule has 0 aliphatic rings. The van der Waals surface area contributed by atoms with Crippen molar-refractivity contribution in [2.45, 2.75) is 13.5 Å². The van der Waals surface area contributed by atoms with Crippen LogP contribution in [-0.4, -0.2) is 29.5 Å². The Morgan fingerprint density at radius 1 is 1.28 bits per heavy atom. The van der Waals surface area contributed by atoms with Crippen LogP contribution >= 0.6 is 11.3 Å². The first kappa shape index (κ1) is 14.4. The standard InChI is InChI=1S/C17H14N6OS/c1-9-20-16-15(25-9)12-7-19-23(17(24)14(12)22(16)2)8-10-3-4-13-11(5-10)6-18-21-13/h3-7H,8H2,1-2H3,(H,18,21). The van der Waals surface area contributed by atoms with Crippen LogP contribution in [0.4, 0.5) is 0 Å². The van der Waals surface area contributed by atoms with Crippen LogP contribution in [0.3, 0.4) is 0 Å². The number of benzene rings is 1. The molecule has 0 saturated heterocycles. The van der Waals surface area contributed by atoms with E-state index in [0.717, 1.165) is 37.2 Å². The van der Waals surface area contributed by atoms with Crippen molar-refractivity contribution in [3.05, 3.63) is 51.5 Å². The third kappa shape index (κ3) is 2.04. The molecule has 0 fully saturated rings. The van der Waals surface area contributed by atoms with E-state index in [4.69, 9.17) is 0 Å². The second kappa shape index (κ2) is 5.00. The Balaban J connectivity index is 1.67. The fourth-order valence-electron chi connectivity index (χ4n) is 3.27. The van der Waals surface area contributed by atoms with Gasteiger partial charge in [-0.15, -0.1) is 11.3 Å². The summed E-state index contributed by atoms with van der Waals surface area (Å²) in [6.07, 6.45) is 3.55. The van der Waals surface area contributed by atoms with Crippen LogP contribution in [0.1, 0.15) is 10.6 Å². The average Bonchev–Trinajstić information content (AvgIpc) is 3.26. The lowest BCUT2D eigenvalue weighted by atomic mass is 10.1. The molecule has 0 bridgehead atoms. The highest BCUT2D eigenvalue weighted by Crippen LogP contribution is 2.30. The van der Waals surface area contributed by atoms with Crippen molar-refractivity contribution in [2.24, 2.45) is 7.05 Å². The summed E-state index contributed by atoms with van der Waals surface area (Å²) in [6.45, 7) is 2.39. The Morgan fingerprint density at radius 3 is 3.04 bits per heavy atom. The maximum Gasteiger partial charge on any atom is 0.291 e. The molecule has 4 aromatic heterocycles. The van der Waals surface area contributed by atoms with Gasteiger partial charge in [0.1, 0.15) is 5.52 Å². The lowest BCUT2D eigenvalue weighted by molar-refractivity contribution is 0.644. The number of rotatable bonds is 2. The van der Waals surface area contributed by atoms with Gasteiger partial charge in [0.15, 0.2) is 5.65 Å². The minimum absolute atomic E-state index is 0.102. The average molecular weight is 350 g/mol. The van der Waals surface area contributed by atoms with Crippen LogP contribution in [0.5, 0.6) is 0 Å². The molecule has 0 aliphatic carbocycles. The van der Waals surface area contributed by atoms with Crippen molar-refractivity contribution in [3.8, 4) is 0 Å². The smallest absolute Gasteiger partial charge is 0.291 e. The van der Waals surface area contributed by atoms with Gasteiger partial charge < -0.3 is 4.57 Å². The fourth-order valence-corrected chi connectivity index (χ4v) is 4.23. The topological polar surface area (TPSA) is 81.4 Å². The zero-order valence-electron chi connectivity index (χ0n) is 13.6. The van der Waals surface area contributed by atoms with Gasteiger partial charge in [0.25, 0.3) is 5.56 Å². The summed E-state index contributed by atoms with van der Waals surface area (Å²) in [5, 5.41) is 14.2. The van der Waals surface area contributed by atoms with E-state index in [0.29, 0.717) is 12.1 Å². The van der Waals surface area contributed by atoms with Crippen molar-refractivity contribution in [1.82, 2.24) is 29.5 Å². The molecule has 8 heteroatoms. The van der Waals surface area contributed by atoms with E-state index < -0.39 is 0 Å². The van der Waals surface area contributed by atoms with Gasteiger partial charge in [0.05, 0.1) is 34.2 Å². The molecule has 1 N–H and O–H groups in total. The highest BCUT2D eigenvalue weighted by atomic mass is 32.1. The van der Waals surface area contributed by atoms with E-state index in [1.165, 1.54) is 4.68 Å². The van der Waals surface area contributed by atoms with Crippen LogP contribution in [0.15, 0.2) is 35.4 Å². The Morgan fingerprint density at radius 2 is 2.16 bits per heavy atom. The molecule has 0 amide bonds. The van der Waals surface area contributed by atoms with Crippen molar-refractivity contribution in [2.75, 3.05) is 0 Å². The van der Waals surface area contributed by atoms with E-state index >= 15 is 0 Å². The third-order valence-corrected chi connectivity index (χ3v) is 5.46. The van der Waals surface area contributed by atoms with Gasteiger partial charge in [0.2, 0.25) is 0 Å². The number of nitrogens with zero attached hydrogens (tertiary/aromatic N) is 5. The van der Waals surface area contributed by atoms with Gasteiger partial charge in [-0.05, 0) is 24.6 Å². The molecule has 0 radical (unpaired) electrons. The molecule has 0 unspecified atom stereocenters. The molecule has 5 aromatic rings. The van der Waals surface area contributed by atoms with Crippen LogP contribution < -0.4 is 5.56 Å². The van der Waals surface area contributed by atoms with E-state index in [9.17, 15) is 4.79 Å². The van der Waals surface area contributed by atoms with Gasteiger partial charge in [0, 0.05) is 17.8 Å². The van der Waals surface area contributed by atoms with E-state index in [1.807, 2.05) is 36.7 Å². The normalized spacial score (nSPS) is 11.9. The van der Waals surface area contributed by atoms with Crippen molar-refractivity contribution in [1.29, 1.82) is 0 Å². The summed E-state index contributed by atoms with van der Waals surface area (Å²) < 4.78 is 4.39. The Bertz CT molecular complexity index is 1320. The molecule has 1 aromatic carbocycles. The summed E-state index contributed by atoms with van der Waals surface area (Å²) in [6, 6.07) is 5.96. The maximum absolute atomic E-state index is 13.0. The number of nitrogens with one attached hydrogen (secondary N) is 1. The fraction of sp³-hybridized carbons (Fsp3) is 0.176. The largest absolute Gasteiger partial charge is 0.323 e. The zero-order chi connectivity index (χ0) is 17.1. The Kier molecular flexibility index (Phi) is 2.87. The lowest BCUT2D eigenvalue weighted by Crippen LogP contribution is -2.24. The summed E-state index contributed by atoms with van der Waals surface area (Å²) in [4.78, 5) is 17.5. The molecule has 0 aliphatic heterocycles. The van der Waals surface area contributed by atoms with Gasteiger partial charge in [-0.2, -0.15) is 10.2 Å². The van der Waals surface area contributed by atoms with Crippen molar-refractivity contribution >= 4 is 43.5 Å². The molecule has 7 nitrogen and oxygen atoms in total. The van der Waals surface area contributed by atoms with Gasteiger partial charge >= 0.3 is 0 Å².